The third kappa shape index (κ3) is 4.58. The van der Waals surface area contributed by atoms with Gasteiger partial charge in [-0.15, -0.1) is 11.8 Å². The highest BCUT2D eigenvalue weighted by atomic mass is 35.5. The van der Waals surface area contributed by atoms with Crippen LogP contribution in [0.5, 0.6) is 5.75 Å². The molecule has 0 bridgehead atoms. The van der Waals surface area contributed by atoms with Crippen LogP contribution < -0.4 is 15.8 Å². The number of nitrogens with two attached hydrogens (primary N) is 1. The van der Waals surface area contributed by atoms with Gasteiger partial charge in [-0.05, 0) is 30.3 Å². The highest BCUT2D eigenvalue weighted by Crippen LogP contribution is 2.29. The summed E-state index contributed by atoms with van der Waals surface area (Å²) in [6, 6.07) is 12.4. The highest BCUT2D eigenvalue weighted by Gasteiger charge is 2.07. The molecule has 2 aromatic carbocycles. The number of benzene rings is 2. The Morgan fingerprint density at radius 2 is 2.14 bits per heavy atom. The van der Waals surface area contributed by atoms with Crippen molar-refractivity contribution in [2.45, 2.75) is 4.90 Å². The molecule has 0 unspecified atom stereocenters. The fraction of sp³-hybridized carbons (Fsp3) is 0.133. The van der Waals surface area contributed by atoms with E-state index in [1.807, 2.05) is 12.1 Å². The maximum absolute atomic E-state index is 11.9. The molecule has 2 rings (SSSR count). The lowest BCUT2D eigenvalue weighted by Crippen LogP contribution is -2.14. The quantitative estimate of drug-likeness (QED) is 0.651. The lowest BCUT2D eigenvalue weighted by atomic mass is 10.3. The van der Waals surface area contributed by atoms with Gasteiger partial charge >= 0.3 is 0 Å². The van der Waals surface area contributed by atoms with Gasteiger partial charge < -0.3 is 15.8 Å². The first-order chi connectivity index (χ1) is 10.1. The van der Waals surface area contributed by atoms with Crippen LogP contribution in [0.2, 0.25) is 5.02 Å². The fourth-order valence-corrected chi connectivity index (χ4v) is 2.74. The zero-order valence-corrected chi connectivity index (χ0v) is 13.0. The van der Waals surface area contributed by atoms with Gasteiger partial charge in [-0.25, -0.2) is 0 Å². The van der Waals surface area contributed by atoms with E-state index in [0.29, 0.717) is 22.1 Å². The molecule has 0 aliphatic carbocycles. The van der Waals surface area contributed by atoms with Crippen molar-refractivity contribution in [3.05, 3.63) is 47.5 Å². The van der Waals surface area contributed by atoms with E-state index in [-0.39, 0.29) is 11.7 Å². The molecule has 0 atom stereocenters. The number of anilines is 2. The van der Waals surface area contributed by atoms with Crippen LogP contribution in [0.15, 0.2) is 47.4 Å². The van der Waals surface area contributed by atoms with E-state index >= 15 is 0 Å². The molecule has 0 saturated carbocycles. The molecule has 110 valence electrons. The van der Waals surface area contributed by atoms with Gasteiger partial charge in [0.1, 0.15) is 5.75 Å². The van der Waals surface area contributed by atoms with Crippen LogP contribution in [0.25, 0.3) is 0 Å². The van der Waals surface area contributed by atoms with Crippen molar-refractivity contribution < 1.29 is 9.53 Å². The number of methoxy groups -OCH3 is 1. The number of hydrogen-bond acceptors (Lipinski definition) is 4. The monoisotopic (exact) mass is 322 g/mol. The fourth-order valence-electron chi connectivity index (χ4n) is 1.67. The lowest BCUT2D eigenvalue weighted by molar-refractivity contribution is -0.113. The first-order valence-electron chi connectivity index (χ1n) is 6.20. The van der Waals surface area contributed by atoms with Gasteiger partial charge in [-0.1, -0.05) is 17.7 Å². The first-order valence-corrected chi connectivity index (χ1v) is 7.56. The molecule has 0 fully saturated rings. The van der Waals surface area contributed by atoms with E-state index in [1.165, 1.54) is 11.8 Å². The third-order valence-electron chi connectivity index (χ3n) is 2.67. The molecule has 0 spiro atoms. The molecule has 21 heavy (non-hydrogen) atoms. The van der Waals surface area contributed by atoms with Crippen LogP contribution in [0.3, 0.4) is 0 Å². The summed E-state index contributed by atoms with van der Waals surface area (Å²) in [6.07, 6.45) is 0. The van der Waals surface area contributed by atoms with Gasteiger partial charge in [-0.3, -0.25) is 4.79 Å². The number of carbonyl (C=O) groups excluding carboxylic acids is 1. The molecule has 0 aliphatic rings. The van der Waals surface area contributed by atoms with E-state index in [9.17, 15) is 4.79 Å². The van der Waals surface area contributed by atoms with Gasteiger partial charge in [-0.2, -0.15) is 0 Å². The molecular weight excluding hydrogens is 308 g/mol. The van der Waals surface area contributed by atoms with Crippen LogP contribution in [-0.4, -0.2) is 18.8 Å². The molecule has 2 aromatic rings. The summed E-state index contributed by atoms with van der Waals surface area (Å²) in [5, 5.41) is 3.39. The van der Waals surface area contributed by atoms with Crippen molar-refractivity contribution in [3.8, 4) is 5.75 Å². The number of rotatable bonds is 5. The Morgan fingerprint density at radius 1 is 1.33 bits per heavy atom. The van der Waals surface area contributed by atoms with E-state index in [1.54, 1.807) is 37.4 Å². The molecule has 6 heteroatoms. The number of hydrogen-bond donors (Lipinski definition) is 2. The van der Waals surface area contributed by atoms with Crippen LogP contribution in [0, 0.1) is 0 Å². The number of nitrogen functional groups attached to an aromatic ring is 1. The number of nitrogens with one attached hydrogen (secondary N) is 1. The number of amides is 1. The van der Waals surface area contributed by atoms with Gasteiger partial charge in [0.15, 0.2) is 0 Å². The average Bonchev–Trinajstić information content (AvgIpc) is 2.48. The number of ether oxygens (including phenoxy) is 1. The van der Waals surface area contributed by atoms with Gasteiger partial charge in [0.05, 0.1) is 17.9 Å². The molecule has 4 nitrogen and oxygen atoms in total. The molecular formula is C15H15ClN2O2S. The molecule has 0 heterocycles. The topological polar surface area (TPSA) is 64.3 Å². The Labute approximate surface area is 132 Å². The van der Waals surface area contributed by atoms with Gasteiger partial charge in [0.25, 0.3) is 0 Å². The third-order valence-corrected chi connectivity index (χ3v) is 4.16. The van der Waals surface area contributed by atoms with Crippen LogP contribution in [0.4, 0.5) is 11.4 Å². The van der Waals surface area contributed by atoms with E-state index in [4.69, 9.17) is 22.1 Å². The second kappa shape index (κ2) is 7.24. The van der Waals surface area contributed by atoms with Gasteiger partial charge in [0, 0.05) is 22.3 Å². The van der Waals surface area contributed by atoms with Crippen molar-refractivity contribution in [3.63, 3.8) is 0 Å². The lowest BCUT2D eigenvalue weighted by Gasteiger charge is -2.08. The highest BCUT2D eigenvalue weighted by molar-refractivity contribution is 8.00. The molecule has 0 aliphatic heterocycles. The minimum atomic E-state index is -0.119. The predicted octanol–water partition coefficient (Wildman–Crippen LogP) is 3.66. The second-order valence-electron chi connectivity index (χ2n) is 4.26. The number of carbonyl (C=O) groups is 1. The van der Waals surface area contributed by atoms with E-state index in [0.717, 1.165) is 4.90 Å². The summed E-state index contributed by atoms with van der Waals surface area (Å²) in [4.78, 5) is 12.7. The van der Waals surface area contributed by atoms with E-state index < -0.39 is 0 Å². The maximum atomic E-state index is 11.9. The summed E-state index contributed by atoms with van der Waals surface area (Å²) < 4.78 is 5.11. The summed E-state index contributed by atoms with van der Waals surface area (Å²) in [6.45, 7) is 0. The number of halogens is 1. The Morgan fingerprint density at radius 3 is 2.90 bits per heavy atom. The minimum absolute atomic E-state index is 0.119. The van der Waals surface area contributed by atoms with Crippen LogP contribution >= 0.6 is 23.4 Å². The second-order valence-corrected chi connectivity index (χ2v) is 5.68. The largest absolute Gasteiger partial charge is 0.497 e. The molecule has 0 aromatic heterocycles. The van der Waals surface area contributed by atoms with Crippen LogP contribution in [-0.2, 0) is 4.79 Å². The zero-order valence-electron chi connectivity index (χ0n) is 11.4. The maximum Gasteiger partial charge on any atom is 0.234 e. The SMILES string of the molecule is COc1cccc(NC(=O)CSc2cc(N)ccc2Cl)c1. The Kier molecular flexibility index (Phi) is 5.36. The molecule has 3 N–H and O–H groups in total. The summed E-state index contributed by atoms with van der Waals surface area (Å²) in [7, 11) is 1.58. The van der Waals surface area contributed by atoms with E-state index in [2.05, 4.69) is 5.32 Å². The first kappa shape index (κ1) is 15.5. The van der Waals surface area contributed by atoms with Crippen LogP contribution in [0.1, 0.15) is 0 Å². The predicted molar refractivity (Wildman–Crippen MR) is 88.2 cm³/mol. The average molecular weight is 323 g/mol. The Hall–Kier alpha value is -1.85. The summed E-state index contributed by atoms with van der Waals surface area (Å²) in [5.41, 5.74) is 7.02. The smallest absolute Gasteiger partial charge is 0.234 e. The standard InChI is InChI=1S/C15H15ClN2O2S/c1-20-12-4-2-3-11(8-12)18-15(19)9-21-14-7-10(17)5-6-13(14)16/h2-8H,9,17H2,1H3,(H,18,19). The zero-order chi connectivity index (χ0) is 15.2. The minimum Gasteiger partial charge on any atom is -0.497 e. The molecule has 0 saturated heterocycles. The van der Waals surface area contributed by atoms with Crippen molar-refractivity contribution in [2.24, 2.45) is 0 Å². The normalized spacial score (nSPS) is 10.2. The Balaban J connectivity index is 1.94. The summed E-state index contributed by atoms with van der Waals surface area (Å²) in [5.74, 6) is 0.825. The van der Waals surface area contributed by atoms with Gasteiger partial charge in [0.2, 0.25) is 5.91 Å². The molecule has 0 radical (unpaired) electrons. The summed E-state index contributed by atoms with van der Waals surface area (Å²) >= 11 is 7.40. The number of thioether (sulfide) groups is 1. The van der Waals surface area contributed by atoms with Crippen molar-refractivity contribution in [1.82, 2.24) is 0 Å². The van der Waals surface area contributed by atoms with Crippen molar-refractivity contribution in [2.75, 3.05) is 23.9 Å². The Bertz CT molecular complexity index is 649. The van der Waals surface area contributed by atoms with Crippen molar-refractivity contribution >= 4 is 40.6 Å². The van der Waals surface area contributed by atoms with Crippen molar-refractivity contribution in [1.29, 1.82) is 0 Å². The molecule has 1 amide bonds.